The third-order valence-corrected chi connectivity index (χ3v) is 3.18. The summed E-state index contributed by atoms with van der Waals surface area (Å²) in [4.78, 5) is 28.7. The molecule has 1 aromatic heterocycles. The Morgan fingerprint density at radius 1 is 1.53 bits per heavy atom. The molecule has 1 atom stereocenters. The summed E-state index contributed by atoms with van der Waals surface area (Å²) in [5.74, 6) is -0.386. The molecule has 0 unspecified atom stereocenters. The Bertz CT molecular complexity index is 473. The molecule has 1 aromatic rings. The van der Waals surface area contributed by atoms with Crippen LogP contribution in [0, 0.1) is 0 Å². The molecule has 1 fully saturated rings. The Balaban J connectivity index is 2.14. The lowest BCUT2D eigenvalue weighted by Gasteiger charge is -2.22. The molecule has 2 heterocycles. The average Bonchev–Trinajstić information content (AvgIpc) is 2.88. The van der Waals surface area contributed by atoms with E-state index in [0.717, 1.165) is 6.42 Å². The predicted molar refractivity (Wildman–Crippen MR) is 70.2 cm³/mol. The fourth-order valence-electron chi connectivity index (χ4n) is 2.25. The van der Waals surface area contributed by atoms with E-state index in [9.17, 15) is 9.59 Å². The largest absolute Gasteiger partial charge is 0.480 e. The maximum Gasteiger partial charge on any atom is 0.326 e. The van der Waals surface area contributed by atoms with Gasteiger partial charge in [-0.15, -0.1) is 0 Å². The molecule has 0 radical (unpaired) electrons. The van der Waals surface area contributed by atoms with Gasteiger partial charge in [0.1, 0.15) is 11.9 Å². The third-order valence-electron chi connectivity index (χ3n) is 3.18. The van der Waals surface area contributed by atoms with Crippen molar-refractivity contribution in [1.29, 1.82) is 0 Å². The molecule has 6 nitrogen and oxygen atoms in total. The van der Waals surface area contributed by atoms with Gasteiger partial charge in [0.05, 0.1) is 5.56 Å². The molecule has 0 aliphatic carbocycles. The second-order valence-corrected chi connectivity index (χ2v) is 4.45. The molecule has 0 saturated carbocycles. The zero-order chi connectivity index (χ0) is 13.8. The molecule has 1 aliphatic rings. The first-order chi connectivity index (χ1) is 9.13. The number of hydrogen-bond acceptors (Lipinski definition) is 4. The number of pyridine rings is 1. The second-order valence-electron chi connectivity index (χ2n) is 4.45. The topological polar surface area (TPSA) is 82.5 Å². The van der Waals surface area contributed by atoms with Crippen molar-refractivity contribution >= 4 is 17.7 Å². The van der Waals surface area contributed by atoms with Gasteiger partial charge in [-0.3, -0.25) is 4.79 Å². The van der Waals surface area contributed by atoms with Crippen LogP contribution in [0.3, 0.4) is 0 Å². The fourth-order valence-corrected chi connectivity index (χ4v) is 2.25. The van der Waals surface area contributed by atoms with Gasteiger partial charge in [-0.05, 0) is 31.9 Å². The number of carbonyl (C=O) groups is 2. The highest BCUT2D eigenvalue weighted by Gasteiger charge is 2.31. The lowest BCUT2D eigenvalue weighted by Crippen LogP contribution is -2.36. The number of amides is 1. The Hall–Kier alpha value is -2.11. The molecule has 1 amide bonds. The maximum atomic E-state index is 11.6. The number of carboxylic acids is 1. The monoisotopic (exact) mass is 263 g/mol. The first-order valence-corrected chi connectivity index (χ1v) is 6.37. The number of anilines is 1. The summed E-state index contributed by atoms with van der Waals surface area (Å²) in [6.07, 6.45) is 2.96. The van der Waals surface area contributed by atoms with Crippen molar-refractivity contribution < 1.29 is 14.7 Å². The molecule has 0 aromatic carbocycles. The SMILES string of the molecule is CCNC(=O)c1ccc(N2CCC[C@@H]2C(=O)O)nc1. The smallest absolute Gasteiger partial charge is 0.326 e. The van der Waals surface area contributed by atoms with Gasteiger partial charge in [0.15, 0.2) is 0 Å². The number of hydrogen-bond donors (Lipinski definition) is 2. The minimum Gasteiger partial charge on any atom is -0.480 e. The summed E-state index contributed by atoms with van der Waals surface area (Å²) < 4.78 is 0. The molecule has 1 saturated heterocycles. The van der Waals surface area contributed by atoms with Crippen LogP contribution in [0.1, 0.15) is 30.1 Å². The minimum atomic E-state index is -0.827. The molecule has 2 rings (SSSR count). The minimum absolute atomic E-state index is 0.169. The van der Waals surface area contributed by atoms with Crippen LogP contribution >= 0.6 is 0 Å². The van der Waals surface area contributed by atoms with Gasteiger partial charge in [0.25, 0.3) is 5.91 Å². The second kappa shape index (κ2) is 5.69. The average molecular weight is 263 g/mol. The van der Waals surface area contributed by atoms with E-state index in [2.05, 4.69) is 10.3 Å². The molecule has 0 spiro atoms. The lowest BCUT2D eigenvalue weighted by atomic mass is 10.2. The van der Waals surface area contributed by atoms with Crippen LogP contribution in [0.5, 0.6) is 0 Å². The molecule has 2 N–H and O–H groups in total. The lowest BCUT2D eigenvalue weighted by molar-refractivity contribution is -0.138. The first-order valence-electron chi connectivity index (χ1n) is 6.37. The van der Waals surface area contributed by atoms with E-state index < -0.39 is 12.0 Å². The highest BCUT2D eigenvalue weighted by atomic mass is 16.4. The zero-order valence-electron chi connectivity index (χ0n) is 10.8. The van der Waals surface area contributed by atoms with E-state index in [1.807, 2.05) is 6.92 Å². The van der Waals surface area contributed by atoms with Crippen molar-refractivity contribution in [2.75, 3.05) is 18.0 Å². The van der Waals surface area contributed by atoms with E-state index in [-0.39, 0.29) is 5.91 Å². The highest BCUT2D eigenvalue weighted by Crippen LogP contribution is 2.23. The Morgan fingerprint density at radius 3 is 2.89 bits per heavy atom. The Morgan fingerprint density at radius 2 is 2.32 bits per heavy atom. The number of nitrogens with one attached hydrogen (secondary N) is 1. The fraction of sp³-hybridized carbons (Fsp3) is 0.462. The third kappa shape index (κ3) is 2.83. The van der Waals surface area contributed by atoms with E-state index in [0.29, 0.717) is 30.9 Å². The van der Waals surface area contributed by atoms with Crippen molar-refractivity contribution in [3.8, 4) is 0 Å². The van der Waals surface area contributed by atoms with Gasteiger partial charge >= 0.3 is 5.97 Å². The van der Waals surface area contributed by atoms with Crippen LogP contribution in [-0.4, -0.2) is 41.1 Å². The van der Waals surface area contributed by atoms with E-state index in [1.54, 1.807) is 17.0 Å². The highest BCUT2D eigenvalue weighted by molar-refractivity contribution is 5.94. The summed E-state index contributed by atoms with van der Waals surface area (Å²) in [5, 5.41) is 11.8. The molecule has 19 heavy (non-hydrogen) atoms. The maximum absolute atomic E-state index is 11.6. The van der Waals surface area contributed by atoms with E-state index in [1.165, 1.54) is 6.20 Å². The molecule has 6 heteroatoms. The van der Waals surface area contributed by atoms with E-state index >= 15 is 0 Å². The number of nitrogens with zero attached hydrogens (tertiary/aromatic N) is 2. The normalized spacial score (nSPS) is 18.4. The van der Waals surface area contributed by atoms with Gasteiger partial charge < -0.3 is 15.3 Å². The van der Waals surface area contributed by atoms with Gasteiger partial charge in [0, 0.05) is 19.3 Å². The Labute approximate surface area is 111 Å². The quantitative estimate of drug-likeness (QED) is 0.842. The van der Waals surface area contributed by atoms with Gasteiger partial charge in [-0.25, -0.2) is 9.78 Å². The van der Waals surface area contributed by atoms with Crippen LogP contribution in [0.4, 0.5) is 5.82 Å². The summed E-state index contributed by atoms with van der Waals surface area (Å²) in [6.45, 7) is 3.10. The van der Waals surface area contributed by atoms with Crippen LogP contribution in [0.25, 0.3) is 0 Å². The van der Waals surface area contributed by atoms with Crippen molar-refractivity contribution in [2.24, 2.45) is 0 Å². The molecule has 1 aliphatic heterocycles. The summed E-state index contributed by atoms with van der Waals surface area (Å²) in [5.41, 5.74) is 0.483. The number of aliphatic carboxylic acids is 1. The van der Waals surface area contributed by atoms with Gasteiger partial charge in [-0.2, -0.15) is 0 Å². The Kier molecular flexibility index (Phi) is 3.99. The summed E-state index contributed by atoms with van der Waals surface area (Å²) >= 11 is 0. The van der Waals surface area contributed by atoms with Crippen molar-refractivity contribution in [3.63, 3.8) is 0 Å². The molecule has 0 bridgehead atoms. The number of carbonyl (C=O) groups excluding carboxylic acids is 1. The van der Waals surface area contributed by atoms with Crippen molar-refractivity contribution in [2.45, 2.75) is 25.8 Å². The molecular weight excluding hydrogens is 246 g/mol. The van der Waals surface area contributed by atoms with Crippen LogP contribution < -0.4 is 10.2 Å². The first kappa shape index (κ1) is 13.3. The molecule has 102 valence electrons. The standard InChI is InChI=1S/C13H17N3O3/c1-2-14-12(17)9-5-6-11(15-8-9)16-7-3-4-10(16)13(18)19/h5-6,8,10H,2-4,7H2,1H3,(H,14,17)(H,18,19)/t10-/m1/s1. The molecular formula is C13H17N3O3. The van der Waals surface area contributed by atoms with Crippen molar-refractivity contribution in [1.82, 2.24) is 10.3 Å². The van der Waals surface area contributed by atoms with E-state index in [4.69, 9.17) is 5.11 Å². The van der Waals surface area contributed by atoms with Gasteiger partial charge in [0.2, 0.25) is 0 Å². The summed E-state index contributed by atoms with van der Waals surface area (Å²) in [7, 11) is 0. The van der Waals surface area contributed by atoms with Crippen molar-refractivity contribution in [3.05, 3.63) is 23.9 Å². The van der Waals surface area contributed by atoms with Crippen LogP contribution in [-0.2, 0) is 4.79 Å². The van der Waals surface area contributed by atoms with Crippen LogP contribution in [0.15, 0.2) is 18.3 Å². The van der Waals surface area contributed by atoms with Gasteiger partial charge in [-0.1, -0.05) is 0 Å². The number of carboxylic acid groups (broad SMARTS) is 1. The number of rotatable bonds is 4. The summed E-state index contributed by atoms with van der Waals surface area (Å²) in [6, 6.07) is 2.86. The predicted octanol–water partition coefficient (Wildman–Crippen LogP) is 0.885. The number of aromatic nitrogens is 1. The van der Waals surface area contributed by atoms with Crippen LogP contribution in [0.2, 0.25) is 0 Å². The zero-order valence-corrected chi connectivity index (χ0v) is 10.8.